The molecule has 11 heteroatoms. The van der Waals surface area contributed by atoms with Gasteiger partial charge in [-0.05, 0) is 62.4 Å². The van der Waals surface area contributed by atoms with Crippen LogP contribution in [0.25, 0.3) is 22.7 Å². The molecule has 1 aromatic carbocycles. The number of aliphatic hydroxyl groups excluding tert-OH is 1. The van der Waals surface area contributed by atoms with Gasteiger partial charge in [0.2, 0.25) is 0 Å². The molecule has 0 bridgehead atoms. The zero-order valence-electron chi connectivity index (χ0n) is 19.9. The highest BCUT2D eigenvalue weighted by molar-refractivity contribution is 5.82. The lowest BCUT2D eigenvalue weighted by Gasteiger charge is -2.17. The number of aromatic nitrogens is 7. The quantitative estimate of drug-likeness (QED) is 0.358. The summed E-state index contributed by atoms with van der Waals surface area (Å²) in [5.41, 5.74) is 4.75. The second-order valence-corrected chi connectivity index (χ2v) is 8.25. The predicted octanol–water partition coefficient (Wildman–Crippen LogP) is 3.31. The molecule has 2 N–H and O–H groups in total. The summed E-state index contributed by atoms with van der Waals surface area (Å²) >= 11 is 0. The summed E-state index contributed by atoms with van der Waals surface area (Å²) < 4.78 is 8.55. The van der Waals surface area contributed by atoms with E-state index in [2.05, 4.69) is 25.6 Å². The highest BCUT2D eigenvalue weighted by Gasteiger charge is 2.20. The molecule has 5 aromatic rings. The summed E-state index contributed by atoms with van der Waals surface area (Å²) in [5, 5.41) is 35.9. The second-order valence-electron chi connectivity index (χ2n) is 8.25. The summed E-state index contributed by atoms with van der Waals surface area (Å²) in [4.78, 5) is 9.34. The summed E-state index contributed by atoms with van der Waals surface area (Å²) in [6.07, 6.45) is 0.764. The Kier molecular flexibility index (Phi) is 6.12. The predicted molar refractivity (Wildman–Crippen MR) is 132 cm³/mol. The van der Waals surface area contributed by atoms with Crippen molar-refractivity contribution >= 4 is 22.5 Å². The van der Waals surface area contributed by atoms with Crippen LogP contribution in [0.1, 0.15) is 28.7 Å². The number of hydrogen-bond acceptors (Lipinski definition) is 9. The van der Waals surface area contributed by atoms with Gasteiger partial charge in [0.15, 0.2) is 17.3 Å². The molecule has 0 aliphatic heterocycles. The first-order valence-corrected chi connectivity index (χ1v) is 11.2. The molecule has 0 saturated heterocycles. The summed E-state index contributed by atoms with van der Waals surface area (Å²) in [7, 11) is 1.52. The third-order valence-electron chi connectivity index (χ3n) is 5.64. The van der Waals surface area contributed by atoms with Crippen LogP contribution in [0.5, 0.6) is 0 Å². The van der Waals surface area contributed by atoms with E-state index in [1.807, 2.05) is 54.8 Å². The van der Waals surface area contributed by atoms with E-state index < -0.39 is 6.10 Å². The Morgan fingerprint density at radius 2 is 1.97 bits per heavy atom. The minimum absolute atomic E-state index is 0.0877. The van der Waals surface area contributed by atoms with Crippen LogP contribution in [0.4, 0.5) is 11.5 Å². The van der Waals surface area contributed by atoms with Gasteiger partial charge in [-0.15, -0.1) is 5.10 Å². The molecule has 0 aliphatic carbocycles. The molecule has 4 heterocycles. The van der Waals surface area contributed by atoms with Gasteiger partial charge >= 0.3 is 0 Å². The lowest BCUT2D eigenvalue weighted by Crippen LogP contribution is -2.14. The molecule has 1 atom stereocenters. The average molecular weight is 482 g/mol. The number of nitrogens with one attached hydrogen (secondary N) is 1. The van der Waals surface area contributed by atoms with E-state index >= 15 is 0 Å². The Morgan fingerprint density at radius 3 is 2.69 bits per heavy atom. The number of pyridine rings is 1. The second kappa shape index (κ2) is 9.53. The first kappa shape index (κ1) is 23.1. The number of ether oxygens (including phenoxy) is 1. The zero-order valence-corrected chi connectivity index (χ0v) is 19.9. The summed E-state index contributed by atoms with van der Waals surface area (Å²) in [6, 6.07) is 16.8. The third-order valence-corrected chi connectivity index (χ3v) is 5.64. The van der Waals surface area contributed by atoms with Crippen molar-refractivity contribution in [2.75, 3.05) is 19.0 Å². The zero-order chi connectivity index (χ0) is 25.2. The van der Waals surface area contributed by atoms with E-state index in [1.165, 1.54) is 7.11 Å². The maximum Gasteiger partial charge on any atom is 0.163 e. The number of nitriles is 1. The van der Waals surface area contributed by atoms with Crippen LogP contribution in [-0.4, -0.2) is 53.3 Å². The van der Waals surface area contributed by atoms with Gasteiger partial charge in [-0.2, -0.15) is 15.5 Å². The summed E-state index contributed by atoms with van der Waals surface area (Å²) in [5.74, 6) is 1.61. The van der Waals surface area contributed by atoms with E-state index in [-0.39, 0.29) is 12.3 Å². The Labute approximate surface area is 206 Å². The molecule has 11 nitrogen and oxygen atoms in total. The number of aryl methyl sites for hydroxylation is 2. The molecule has 1 unspecified atom stereocenters. The largest absolute Gasteiger partial charge is 0.386 e. The number of benzene rings is 1. The monoisotopic (exact) mass is 481 g/mol. The number of rotatable bonds is 7. The van der Waals surface area contributed by atoms with Crippen molar-refractivity contribution in [1.82, 2.24) is 34.5 Å². The molecule has 0 spiro atoms. The van der Waals surface area contributed by atoms with Gasteiger partial charge in [0, 0.05) is 24.1 Å². The Balaban J connectivity index is 1.59. The van der Waals surface area contributed by atoms with Gasteiger partial charge in [-0.25, -0.2) is 14.6 Å². The molecule has 0 fully saturated rings. The number of anilines is 2. The lowest BCUT2D eigenvalue weighted by molar-refractivity contribution is 0.0640. The standard InChI is InChI=1S/C25H23N9O2/c1-15-4-8-23(31-30-15)28-17-5-7-20-21(11-17)33(14-27-20)24-9-6-19(22(35)13-36-3)25(29-24)34-16(2)10-18(12-26)32-34/h4-11,14,22,35H,13H2,1-3H3,(H,28,31). The van der Waals surface area contributed by atoms with Gasteiger partial charge in [0.05, 0.1) is 23.3 Å². The minimum atomic E-state index is -0.924. The van der Waals surface area contributed by atoms with E-state index in [0.717, 1.165) is 22.4 Å². The van der Waals surface area contributed by atoms with E-state index in [1.54, 1.807) is 29.2 Å². The maximum absolute atomic E-state index is 10.7. The van der Waals surface area contributed by atoms with E-state index in [9.17, 15) is 10.4 Å². The molecule has 5 rings (SSSR count). The summed E-state index contributed by atoms with van der Waals surface area (Å²) in [6.45, 7) is 3.80. The molecule has 4 aromatic heterocycles. The molecule has 0 aliphatic rings. The SMILES string of the molecule is COCC(O)c1ccc(-n2cnc3ccc(Nc4ccc(C)nn4)cc32)nc1-n1nc(C#N)cc1C. The molecule has 0 radical (unpaired) electrons. The molecular formula is C25H23N9O2. The fraction of sp³-hybridized carbons (Fsp3) is 0.200. The van der Waals surface area contributed by atoms with Crippen LogP contribution in [0.3, 0.4) is 0 Å². The van der Waals surface area contributed by atoms with Crippen LogP contribution in [-0.2, 0) is 4.74 Å². The van der Waals surface area contributed by atoms with Gasteiger partial charge in [-0.3, -0.25) is 4.57 Å². The topological polar surface area (TPSA) is 140 Å². The van der Waals surface area contributed by atoms with Crippen molar-refractivity contribution < 1.29 is 9.84 Å². The maximum atomic E-state index is 10.7. The van der Waals surface area contributed by atoms with E-state index in [4.69, 9.17) is 9.72 Å². The number of hydrogen-bond donors (Lipinski definition) is 2. The van der Waals surface area contributed by atoms with Gasteiger partial charge < -0.3 is 15.2 Å². The van der Waals surface area contributed by atoms with Crippen LogP contribution in [0.15, 0.2) is 54.9 Å². The van der Waals surface area contributed by atoms with Crippen molar-refractivity contribution in [3.63, 3.8) is 0 Å². The van der Waals surface area contributed by atoms with Crippen molar-refractivity contribution in [2.24, 2.45) is 0 Å². The molecule has 0 amide bonds. The van der Waals surface area contributed by atoms with Gasteiger partial charge in [-0.1, -0.05) is 0 Å². The lowest BCUT2D eigenvalue weighted by atomic mass is 10.1. The Hall–Kier alpha value is -4.66. The number of methoxy groups -OCH3 is 1. The number of nitrogens with zero attached hydrogens (tertiary/aromatic N) is 8. The fourth-order valence-electron chi connectivity index (χ4n) is 3.89. The molecule has 36 heavy (non-hydrogen) atoms. The Morgan fingerprint density at radius 1 is 1.11 bits per heavy atom. The molecule has 0 saturated carbocycles. The van der Waals surface area contributed by atoms with Crippen LogP contribution in [0, 0.1) is 25.2 Å². The highest BCUT2D eigenvalue weighted by atomic mass is 16.5. The Bertz CT molecular complexity index is 1580. The van der Waals surface area contributed by atoms with Crippen molar-refractivity contribution in [2.45, 2.75) is 20.0 Å². The first-order valence-electron chi connectivity index (χ1n) is 11.2. The number of aliphatic hydroxyl groups is 1. The molecular weight excluding hydrogens is 458 g/mol. The normalized spacial score (nSPS) is 12.0. The number of imidazole rings is 1. The van der Waals surface area contributed by atoms with Gasteiger partial charge in [0.1, 0.15) is 24.3 Å². The smallest absolute Gasteiger partial charge is 0.163 e. The first-order chi connectivity index (χ1) is 17.5. The molecule has 180 valence electrons. The minimum Gasteiger partial charge on any atom is -0.386 e. The van der Waals surface area contributed by atoms with Gasteiger partial charge in [0.25, 0.3) is 0 Å². The fourth-order valence-corrected chi connectivity index (χ4v) is 3.89. The van der Waals surface area contributed by atoms with Crippen LogP contribution < -0.4 is 5.32 Å². The average Bonchev–Trinajstić information content (AvgIpc) is 3.48. The van der Waals surface area contributed by atoms with Crippen molar-refractivity contribution in [3.05, 3.63) is 77.5 Å². The van der Waals surface area contributed by atoms with Crippen LogP contribution in [0.2, 0.25) is 0 Å². The van der Waals surface area contributed by atoms with Crippen molar-refractivity contribution in [3.8, 4) is 17.7 Å². The van der Waals surface area contributed by atoms with E-state index in [0.29, 0.717) is 28.7 Å². The van der Waals surface area contributed by atoms with Crippen LogP contribution >= 0.6 is 0 Å². The third kappa shape index (κ3) is 4.38. The van der Waals surface area contributed by atoms with Crippen molar-refractivity contribution in [1.29, 1.82) is 5.26 Å². The highest BCUT2D eigenvalue weighted by Crippen LogP contribution is 2.27. The number of fused-ring (bicyclic) bond motifs is 1.